The first-order valence-corrected chi connectivity index (χ1v) is 7.14. The summed E-state index contributed by atoms with van der Waals surface area (Å²) in [6, 6.07) is 7.20. The van der Waals surface area contributed by atoms with Gasteiger partial charge in [0.05, 0.1) is 0 Å². The molecule has 1 aromatic rings. The molecule has 1 aromatic carbocycles. The second-order valence-electron chi connectivity index (χ2n) is 5.54. The molecule has 108 valence electrons. The Hall–Kier alpha value is -1.06. The van der Waals surface area contributed by atoms with Crippen molar-refractivity contribution in [1.29, 1.82) is 0 Å². The van der Waals surface area contributed by atoms with Gasteiger partial charge in [0.1, 0.15) is 12.4 Å². The van der Waals surface area contributed by atoms with Crippen LogP contribution in [-0.2, 0) is 6.54 Å². The zero-order valence-electron chi connectivity index (χ0n) is 12.9. The predicted molar refractivity (Wildman–Crippen MR) is 81.5 cm³/mol. The van der Waals surface area contributed by atoms with Gasteiger partial charge in [0.15, 0.2) is 0 Å². The summed E-state index contributed by atoms with van der Waals surface area (Å²) in [7, 11) is 0. The van der Waals surface area contributed by atoms with Gasteiger partial charge < -0.3 is 10.5 Å². The highest BCUT2D eigenvalue weighted by molar-refractivity contribution is 5.40. The molecule has 0 unspecified atom stereocenters. The highest BCUT2D eigenvalue weighted by atomic mass is 16.5. The summed E-state index contributed by atoms with van der Waals surface area (Å²) in [5.74, 6) is 0.956. The van der Waals surface area contributed by atoms with E-state index in [-0.39, 0.29) is 0 Å². The SMILES string of the molecule is Cc1cccc(CN)c1OCCN(C(C)C)C(C)C. The number of hydrogen-bond acceptors (Lipinski definition) is 3. The Morgan fingerprint density at radius 3 is 2.32 bits per heavy atom. The van der Waals surface area contributed by atoms with Crippen LogP contribution in [0.2, 0.25) is 0 Å². The maximum Gasteiger partial charge on any atom is 0.126 e. The van der Waals surface area contributed by atoms with E-state index in [2.05, 4.69) is 45.6 Å². The van der Waals surface area contributed by atoms with Crippen LogP contribution in [0.4, 0.5) is 0 Å². The molecule has 0 atom stereocenters. The van der Waals surface area contributed by atoms with Crippen LogP contribution in [0.1, 0.15) is 38.8 Å². The van der Waals surface area contributed by atoms with Gasteiger partial charge in [-0.05, 0) is 40.2 Å². The zero-order chi connectivity index (χ0) is 14.4. The third-order valence-corrected chi connectivity index (χ3v) is 3.44. The summed E-state index contributed by atoms with van der Waals surface area (Å²) in [5, 5.41) is 0. The smallest absolute Gasteiger partial charge is 0.126 e. The van der Waals surface area contributed by atoms with Crippen LogP contribution in [0.25, 0.3) is 0 Å². The predicted octanol–water partition coefficient (Wildman–Crippen LogP) is 2.95. The normalized spacial score (nSPS) is 11.6. The molecule has 0 aliphatic heterocycles. The summed E-state index contributed by atoms with van der Waals surface area (Å²) in [6.07, 6.45) is 0. The average molecular weight is 264 g/mol. The first-order valence-electron chi connectivity index (χ1n) is 7.14. The fourth-order valence-corrected chi connectivity index (χ4v) is 2.45. The fraction of sp³-hybridized carbons (Fsp3) is 0.625. The van der Waals surface area contributed by atoms with E-state index in [9.17, 15) is 0 Å². The van der Waals surface area contributed by atoms with Gasteiger partial charge in [0, 0.05) is 30.7 Å². The summed E-state index contributed by atoms with van der Waals surface area (Å²) < 4.78 is 5.97. The first-order chi connectivity index (χ1) is 8.97. The van der Waals surface area contributed by atoms with Crippen LogP contribution >= 0.6 is 0 Å². The van der Waals surface area contributed by atoms with E-state index in [4.69, 9.17) is 10.5 Å². The number of aryl methyl sites for hydroxylation is 1. The quantitative estimate of drug-likeness (QED) is 0.823. The maximum absolute atomic E-state index is 5.97. The van der Waals surface area contributed by atoms with Gasteiger partial charge in [-0.1, -0.05) is 18.2 Å². The number of para-hydroxylation sites is 1. The van der Waals surface area contributed by atoms with Gasteiger partial charge >= 0.3 is 0 Å². The van der Waals surface area contributed by atoms with Crippen molar-refractivity contribution in [1.82, 2.24) is 4.90 Å². The summed E-state index contributed by atoms with van der Waals surface area (Å²) >= 11 is 0. The Labute approximate surface area is 117 Å². The monoisotopic (exact) mass is 264 g/mol. The summed E-state index contributed by atoms with van der Waals surface area (Å²) in [5.41, 5.74) is 8.00. The minimum atomic E-state index is 0.523. The fourth-order valence-electron chi connectivity index (χ4n) is 2.45. The van der Waals surface area contributed by atoms with Crippen molar-refractivity contribution in [3.8, 4) is 5.75 Å². The van der Waals surface area contributed by atoms with Crippen molar-refractivity contribution in [2.75, 3.05) is 13.2 Å². The molecule has 19 heavy (non-hydrogen) atoms. The summed E-state index contributed by atoms with van der Waals surface area (Å²) in [6.45, 7) is 13.1. The van der Waals surface area contributed by atoms with Gasteiger partial charge in [-0.15, -0.1) is 0 Å². The van der Waals surface area contributed by atoms with Crippen LogP contribution in [-0.4, -0.2) is 30.1 Å². The van der Waals surface area contributed by atoms with Crippen molar-refractivity contribution < 1.29 is 4.74 Å². The van der Waals surface area contributed by atoms with Crippen LogP contribution in [0.3, 0.4) is 0 Å². The molecule has 0 saturated carbocycles. The molecule has 0 aromatic heterocycles. The van der Waals surface area contributed by atoms with Crippen molar-refractivity contribution in [2.24, 2.45) is 5.73 Å². The standard InChI is InChI=1S/C16H28N2O/c1-12(2)18(13(3)4)9-10-19-16-14(5)7-6-8-15(16)11-17/h6-8,12-13H,9-11,17H2,1-5H3. The minimum absolute atomic E-state index is 0.523. The van der Waals surface area contributed by atoms with Crippen molar-refractivity contribution in [2.45, 2.75) is 53.2 Å². The highest BCUT2D eigenvalue weighted by Gasteiger charge is 2.13. The second kappa shape index (κ2) is 7.51. The van der Waals surface area contributed by atoms with Gasteiger partial charge in [0.25, 0.3) is 0 Å². The Morgan fingerprint density at radius 2 is 1.79 bits per heavy atom. The molecule has 3 nitrogen and oxygen atoms in total. The highest BCUT2D eigenvalue weighted by Crippen LogP contribution is 2.23. The number of nitrogens with two attached hydrogens (primary N) is 1. The van der Waals surface area contributed by atoms with Crippen LogP contribution in [0, 0.1) is 6.92 Å². The number of benzene rings is 1. The van der Waals surface area contributed by atoms with E-state index in [0.29, 0.717) is 25.2 Å². The molecule has 3 heteroatoms. The van der Waals surface area contributed by atoms with E-state index in [1.807, 2.05) is 12.1 Å². The summed E-state index contributed by atoms with van der Waals surface area (Å²) in [4.78, 5) is 2.43. The van der Waals surface area contributed by atoms with E-state index in [1.54, 1.807) is 0 Å². The molecule has 0 fully saturated rings. The number of rotatable bonds is 7. The zero-order valence-corrected chi connectivity index (χ0v) is 12.9. The Bertz CT molecular complexity index is 380. The number of hydrogen-bond donors (Lipinski definition) is 1. The molecule has 0 radical (unpaired) electrons. The van der Waals surface area contributed by atoms with Crippen molar-refractivity contribution in [3.63, 3.8) is 0 Å². The second-order valence-corrected chi connectivity index (χ2v) is 5.54. The Balaban J connectivity index is 2.62. The third kappa shape index (κ3) is 4.51. The molecule has 1 rings (SSSR count). The lowest BCUT2D eigenvalue weighted by Gasteiger charge is -2.30. The maximum atomic E-state index is 5.97. The van der Waals surface area contributed by atoms with E-state index in [0.717, 1.165) is 23.4 Å². The number of ether oxygens (including phenoxy) is 1. The molecular weight excluding hydrogens is 236 g/mol. The third-order valence-electron chi connectivity index (χ3n) is 3.44. The van der Waals surface area contributed by atoms with Gasteiger partial charge in [-0.25, -0.2) is 0 Å². The van der Waals surface area contributed by atoms with Crippen LogP contribution < -0.4 is 10.5 Å². The lowest BCUT2D eigenvalue weighted by Crippen LogP contribution is -2.39. The molecule has 0 bridgehead atoms. The number of nitrogens with zero attached hydrogens (tertiary/aromatic N) is 1. The Kier molecular flexibility index (Phi) is 6.32. The van der Waals surface area contributed by atoms with Crippen LogP contribution in [0.5, 0.6) is 5.75 Å². The Morgan fingerprint density at radius 1 is 1.16 bits per heavy atom. The average Bonchev–Trinajstić information content (AvgIpc) is 2.34. The van der Waals surface area contributed by atoms with E-state index >= 15 is 0 Å². The molecule has 0 spiro atoms. The van der Waals surface area contributed by atoms with E-state index < -0.39 is 0 Å². The van der Waals surface area contributed by atoms with Crippen LogP contribution in [0.15, 0.2) is 18.2 Å². The minimum Gasteiger partial charge on any atom is -0.492 e. The molecule has 0 saturated heterocycles. The van der Waals surface area contributed by atoms with Gasteiger partial charge in [-0.3, -0.25) is 4.90 Å². The molecule has 0 heterocycles. The van der Waals surface area contributed by atoms with Crippen molar-refractivity contribution in [3.05, 3.63) is 29.3 Å². The molecular formula is C16H28N2O. The first kappa shape index (κ1) is 16.0. The van der Waals surface area contributed by atoms with E-state index in [1.165, 1.54) is 0 Å². The van der Waals surface area contributed by atoms with Gasteiger partial charge in [-0.2, -0.15) is 0 Å². The lowest BCUT2D eigenvalue weighted by molar-refractivity contribution is 0.141. The molecule has 0 aliphatic carbocycles. The molecule has 0 aliphatic rings. The van der Waals surface area contributed by atoms with Gasteiger partial charge in [0.2, 0.25) is 0 Å². The van der Waals surface area contributed by atoms with Crippen molar-refractivity contribution >= 4 is 0 Å². The lowest BCUT2D eigenvalue weighted by atomic mass is 10.1. The molecule has 2 N–H and O–H groups in total. The molecule has 0 amide bonds. The largest absolute Gasteiger partial charge is 0.492 e. The topological polar surface area (TPSA) is 38.5 Å².